The SMILES string of the molecule is COc1ccc(-c2nc3ccccc3n3ccnc23)cc1. The summed E-state index contributed by atoms with van der Waals surface area (Å²) in [6, 6.07) is 16.0. The van der Waals surface area contributed by atoms with Gasteiger partial charge in [-0.2, -0.15) is 0 Å². The smallest absolute Gasteiger partial charge is 0.163 e. The van der Waals surface area contributed by atoms with Crippen molar-refractivity contribution in [1.82, 2.24) is 14.4 Å². The first-order valence-corrected chi connectivity index (χ1v) is 6.73. The van der Waals surface area contributed by atoms with Crippen LogP contribution in [0.4, 0.5) is 0 Å². The van der Waals surface area contributed by atoms with Crippen LogP contribution in [0.1, 0.15) is 0 Å². The van der Waals surface area contributed by atoms with Gasteiger partial charge in [0.15, 0.2) is 5.65 Å². The summed E-state index contributed by atoms with van der Waals surface area (Å²) < 4.78 is 7.28. The van der Waals surface area contributed by atoms with Gasteiger partial charge in [0.25, 0.3) is 0 Å². The van der Waals surface area contributed by atoms with Gasteiger partial charge in [0.1, 0.15) is 11.4 Å². The molecule has 0 radical (unpaired) electrons. The molecule has 0 amide bonds. The van der Waals surface area contributed by atoms with Gasteiger partial charge in [-0.15, -0.1) is 0 Å². The fraction of sp³-hybridized carbons (Fsp3) is 0.0588. The fourth-order valence-corrected chi connectivity index (χ4v) is 2.55. The van der Waals surface area contributed by atoms with E-state index >= 15 is 0 Å². The Morgan fingerprint density at radius 1 is 1.00 bits per heavy atom. The highest BCUT2D eigenvalue weighted by Gasteiger charge is 2.10. The van der Waals surface area contributed by atoms with Crippen LogP contribution < -0.4 is 4.74 Å². The Bertz CT molecular complexity index is 926. The molecule has 0 saturated carbocycles. The highest BCUT2D eigenvalue weighted by Crippen LogP contribution is 2.27. The summed E-state index contributed by atoms with van der Waals surface area (Å²) in [7, 11) is 1.66. The lowest BCUT2D eigenvalue weighted by Crippen LogP contribution is -1.95. The highest BCUT2D eigenvalue weighted by atomic mass is 16.5. The van der Waals surface area contributed by atoms with Crippen molar-refractivity contribution in [2.75, 3.05) is 7.11 Å². The van der Waals surface area contributed by atoms with Gasteiger partial charge in [-0.25, -0.2) is 9.97 Å². The number of nitrogens with zero attached hydrogens (tertiary/aromatic N) is 3. The van der Waals surface area contributed by atoms with Crippen LogP contribution in [0.15, 0.2) is 60.9 Å². The quantitative estimate of drug-likeness (QED) is 0.561. The number of imidazole rings is 1. The Morgan fingerprint density at radius 2 is 1.81 bits per heavy atom. The summed E-state index contributed by atoms with van der Waals surface area (Å²) in [5.41, 5.74) is 4.77. The lowest BCUT2D eigenvalue weighted by Gasteiger charge is -2.08. The number of hydrogen-bond donors (Lipinski definition) is 0. The number of para-hydroxylation sites is 2. The molecule has 21 heavy (non-hydrogen) atoms. The third kappa shape index (κ3) is 1.84. The predicted molar refractivity (Wildman–Crippen MR) is 82.5 cm³/mol. The number of rotatable bonds is 2. The molecule has 102 valence electrons. The molecule has 0 spiro atoms. The van der Waals surface area contributed by atoms with Crippen molar-refractivity contribution < 1.29 is 4.74 Å². The van der Waals surface area contributed by atoms with E-state index in [1.54, 1.807) is 13.3 Å². The zero-order valence-electron chi connectivity index (χ0n) is 11.5. The number of benzene rings is 2. The van der Waals surface area contributed by atoms with E-state index in [0.29, 0.717) is 0 Å². The first kappa shape index (κ1) is 11.9. The molecule has 0 aliphatic heterocycles. The van der Waals surface area contributed by atoms with Gasteiger partial charge >= 0.3 is 0 Å². The lowest BCUT2D eigenvalue weighted by molar-refractivity contribution is 0.415. The molecule has 4 heteroatoms. The normalized spacial score (nSPS) is 11.1. The zero-order chi connectivity index (χ0) is 14.2. The number of aromatic nitrogens is 3. The van der Waals surface area contributed by atoms with E-state index in [1.807, 2.05) is 48.7 Å². The number of ether oxygens (including phenoxy) is 1. The van der Waals surface area contributed by atoms with Crippen molar-refractivity contribution in [1.29, 1.82) is 0 Å². The second-order valence-corrected chi connectivity index (χ2v) is 4.80. The maximum absolute atomic E-state index is 5.21. The van der Waals surface area contributed by atoms with Crippen LogP contribution in [0.3, 0.4) is 0 Å². The summed E-state index contributed by atoms with van der Waals surface area (Å²) in [5.74, 6) is 0.832. The van der Waals surface area contributed by atoms with E-state index in [4.69, 9.17) is 9.72 Å². The van der Waals surface area contributed by atoms with Crippen molar-refractivity contribution in [3.05, 3.63) is 60.9 Å². The summed E-state index contributed by atoms with van der Waals surface area (Å²) in [6.45, 7) is 0. The first-order chi connectivity index (χ1) is 10.4. The van der Waals surface area contributed by atoms with Gasteiger partial charge in [0.2, 0.25) is 0 Å². The standard InChI is InChI=1S/C17H13N3O/c1-21-13-8-6-12(7-9-13)16-17-18-10-11-20(17)15-5-3-2-4-14(15)19-16/h2-11H,1H3. The Labute approximate surface area is 121 Å². The van der Waals surface area contributed by atoms with Gasteiger partial charge < -0.3 is 4.74 Å². The van der Waals surface area contributed by atoms with E-state index in [0.717, 1.165) is 33.7 Å². The van der Waals surface area contributed by atoms with Crippen molar-refractivity contribution >= 4 is 16.7 Å². The third-order valence-corrected chi connectivity index (χ3v) is 3.59. The lowest BCUT2D eigenvalue weighted by atomic mass is 10.1. The van der Waals surface area contributed by atoms with Crippen LogP contribution in [0.5, 0.6) is 5.75 Å². The molecule has 0 aliphatic rings. The molecule has 0 aliphatic carbocycles. The Balaban J connectivity index is 2.03. The number of hydrogen-bond acceptors (Lipinski definition) is 3. The summed E-state index contributed by atoms with van der Waals surface area (Å²) in [5, 5.41) is 0. The van der Waals surface area contributed by atoms with Crippen molar-refractivity contribution in [2.45, 2.75) is 0 Å². The molecular formula is C17H13N3O. The maximum atomic E-state index is 5.21. The zero-order valence-corrected chi connectivity index (χ0v) is 11.5. The third-order valence-electron chi connectivity index (χ3n) is 3.59. The summed E-state index contributed by atoms with van der Waals surface area (Å²) in [4.78, 5) is 9.23. The number of methoxy groups -OCH3 is 1. The predicted octanol–water partition coefficient (Wildman–Crippen LogP) is 3.56. The van der Waals surface area contributed by atoms with Crippen molar-refractivity contribution in [3.8, 4) is 17.0 Å². The van der Waals surface area contributed by atoms with E-state index in [9.17, 15) is 0 Å². The Kier molecular flexibility index (Phi) is 2.60. The minimum absolute atomic E-state index is 0.832. The van der Waals surface area contributed by atoms with Gasteiger partial charge in [-0.05, 0) is 36.4 Å². The molecule has 0 fully saturated rings. The van der Waals surface area contributed by atoms with Gasteiger partial charge in [-0.1, -0.05) is 12.1 Å². The molecule has 0 unspecified atom stereocenters. The minimum atomic E-state index is 0.832. The van der Waals surface area contributed by atoms with Crippen LogP contribution in [0.25, 0.3) is 27.9 Å². The summed E-state index contributed by atoms with van der Waals surface area (Å²) in [6.07, 6.45) is 3.77. The first-order valence-electron chi connectivity index (χ1n) is 6.73. The second kappa shape index (κ2) is 4.59. The fourth-order valence-electron chi connectivity index (χ4n) is 2.55. The molecule has 0 atom stereocenters. The van der Waals surface area contributed by atoms with Crippen LogP contribution in [0, 0.1) is 0 Å². The molecule has 0 saturated heterocycles. The molecular weight excluding hydrogens is 262 g/mol. The second-order valence-electron chi connectivity index (χ2n) is 4.80. The van der Waals surface area contributed by atoms with E-state index in [-0.39, 0.29) is 0 Å². The average molecular weight is 275 g/mol. The molecule has 0 bridgehead atoms. The van der Waals surface area contributed by atoms with Crippen molar-refractivity contribution in [2.24, 2.45) is 0 Å². The molecule has 4 nitrogen and oxygen atoms in total. The number of fused-ring (bicyclic) bond motifs is 3. The molecule has 4 rings (SSSR count). The maximum Gasteiger partial charge on any atom is 0.163 e. The molecule has 2 heterocycles. The van der Waals surface area contributed by atoms with Crippen LogP contribution in [0.2, 0.25) is 0 Å². The van der Waals surface area contributed by atoms with Crippen LogP contribution >= 0.6 is 0 Å². The Morgan fingerprint density at radius 3 is 2.62 bits per heavy atom. The minimum Gasteiger partial charge on any atom is -0.497 e. The van der Waals surface area contributed by atoms with E-state index in [2.05, 4.69) is 15.5 Å². The van der Waals surface area contributed by atoms with Gasteiger partial charge in [0, 0.05) is 18.0 Å². The topological polar surface area (TPSA) is 39.4 Å². The van der Waals surface area contributed by atoms with Crippen molar-refractivity contribution in [3.63, 3.8) is 0 Å². The van der Waals surface area contributed by atoms with E-state index < -0.39 is 0 Å². The molecule has 2 aromatic heterocycles. The molecule has 2 aromatic carbocycles. The van der Waals surface area contributed by atoms with Gasteiger partial charge in [-0.3, -0.25) is 4.40 Å². The molecule has 4 aromatic rings. The highest BCUT2D eigenvalue weighted by molar-refractivity contribution is 5.85. The van der Waals surface area contributed by atoms with Crippen LogP contribution in [-0.2, 0) is 0 Å². The largest absolute Gasteiger partial charge is 0.497 e. The Hall–Kier alpha value is -2.88. The monoisotopic (exact) mass is 275 g/mol. The summed E-state index contributed by atoms with van der Waals surface area (Å²) >= 11 is 0. The average Bonchev–Trinajstić information content (AvgIpc) is 3.04. The van der Waals surface area contributed by atoms with Crippen LogP contribution in [-0.4, -0.2) is 21.5 Å². The molecule has 0 N–H and O–H groups in total. The van der Waals surface area contributed by atoms with E-state index in [1.165, 1.54) is 0 Å². The van der Waals surface area contributed by atoms with Gasteiger partial charge in [0.05, 0.1) is 18.1 Å².